The maximum atomic E-state index is 13.5. The Hall–Kier alpha value is -1.04. The van der Waals surface area contributed by atoms with Gasteiger partial charge in [-0.3, -0.25) is 0 Å². The fraction of sp³-hybridized carbons (Fsp3) is 0.385. The monoisotopic (exact) mass is 240 g/mol. The highest BCUT2D eigenvalue weighted by molar-refractivity contribution is 6.30. The van der Waals surface area contributed by atoms with Crippen LogP contribution in [0.3, 0.4) is 0 Å². The zero-order valence-corrected chi connectivity index (χ0v) is 9.89. The first-order valence-corrected chi connectivity index (χ1v) is 5.53. The second kappa shape index (κ2) is 6.52. The van der Waals surface area contributed by atoms with Crippen LogP contribution in [0.15, 0.2) is 18.2 Å². The second-order valence-electron chi connectivity index (χ2n) is 3.54. The smallest absolute Gasteiger partial charge is 0.145 e. The number of hydrogen-bond donors (Lipinski definition) is 1. The lowest BCUT2D eigenvalue weighted by Crippen LogP contribution is -2.11. The van der Waals surface area contributed by atoms with Gasteiger partial charge in [0.2, 0.25) is 0 Å². The van der Waals surface area contributed by atoms with Gasteiger partial charge in [0.15, 0.2) is 0 Å². The Kier molecular flexibility index (Phi) is 5.31. The molecule has 0 radical (unpaired) electrons. The maximum absolute atomic E-state index is 13.5. The number of aliphatic hydroxyl groups is 1. The fourth-order valence-corrected chi connectivity index (χ4v) is 1.62. The molecule has 0 bridgehead atoms. The van der Waals surface area contributed by atoms with Crippen molar-refractivity contribution in [2.45, 2.75) is 32.3 Å². The van der Waals surface area contributed by atoms with Gasteiger partial charge in [-0.25, -0.2) is 4.39 Å². The Bertz CT molecular complexity index is 406. The average molecular weight is 241 g/mol. The van der Waals surface area contributed by atoms with Crippen LogP contribution in [0.4, 0.5) is 4.39 Å². The molecule has 1 N–H and O–H groups in total. The van der Waals surface area contributed by atoms with E-state index in [1.165, 1.54) is 6.07 Å². The molecule has 1 aromatic carbocycles. The summed E-state index contributed by atoms with van der Waals surface area (Å²) in [6, 6.07) is 4.81. The number of hydrogen-bond acceptors (Lipinski definition) is 1. The van der Waals surface area contributed by atoms with Crippen molar-refractivity contribution < 1.29 is 9.50 Å². The number of aliphatic hydroxyl groups excluding tert-OH is 1. The van der Waals surface area contributed by atoms with Crippen molar-refractivity contribution >= 4 is 11.6 Å². The summed E-state index contributed by atoms with van der Waals surface area (Å²) in [5.74, 6) is 5.17. The van der Waals surface area contributed by atoms with Crippen molar-refractivity contribution in [1.82, 2.24) is 0 Å². The van der Waals surface area contributed by atoms with E-state index in [-0.39, 0.29) is 11.4 Å². The number of rotatable bonds is 4. The molecule has 86 valence electrons. The molecular formula is C13H14ClFO. The standard InChI is InChI=1S/C13H14ClFO/c1-2-3-4-7-11(16)9-10-6-5-8-12(14)13(10)15/h5-6,8,11,16H,4,7,9H2,1H3. The summed E-state index contributed by atoms with van der Waals surface area (Å²) < 4.78 is 13.5. The van der Waals surface area contributed by atoms with Gasteiger partial charge < -0.3 is 5.11 Å². The van der Waals surface area contributed by atoms with Crippen LogP contribution in [0.25, 0.3) is 0 Å². The Balaban J connectivity index is 2.58. The first kappa shape index (κ1) is 13.0. The molecule has 1 atom stereocenters. The lowest BCUT2D eigenvalue weighted by Gasteiger charge is -2.10. The Morgan fingerprint density at radius 3 is 2.94 bits per heavy atom. The summed E-state index contributed by atoms with van der Waals surface area (Å²) in [6.45, 7) is 1.75. The topological polar surface area (TPSA) is 20.2 Å². The van der Waals surface area contributed by atoms with Gasteiger partial charge in [0.05, 0.1) is 11.1 Å². The number of halogens is 2. The predicted molar refractivity (Wildman–Crippen MR) is 63.8 cm³/mol. The lowest BCUT2D eigenvalue weighted by atomic mass is 10.0. The molecule has 0 fully saturated rings. The fourth-order valence-electron chi connectivity index (χ4n) is 1.43. The van der Waals surface area contributed by atoms with E-state index in [2.05, 4.69) is 11.8 Å². The molecule has 0 aromatic heterocycles. The van der Waals surface area contributed by atoms with Crippen LogP contribution in [-0.2, 0) is 6.42 Å². The third kappa shape index (κ3) is 3.84. The number of benzene rings is 1. The Labute approximate surface area is 100 Å². The summed E-state index contributed by atoms with van der Waals surface area (Å²) >= 11 is 5.65. The molecular weight excluding hydrogens is 227 g/mol. The largest absolute Gasteiger partial charge is 0.393 e. The van der Waals surface area contributed by atoms with E-state index >= 15 is 0 Å². The molecule has 0 aliphatic carbocycles. The molecule has 0 amide bonds. The van der Waals surface area contributed by atoms with Crippen molar-refractivity contribution in [3.05, 3.63) is 34.6 Å². The zero-order chi connectivity index (χ0) is 12.0. The SMILES string of the molecule is CC#CCCC(O)Cc1cccc(Cl)c1F. The highest BCUT2D eigenvalue weighted by Gasteiger charge is 2.10. The summed E-state index contributed by atoms with van der Waals surface area (Å²) in [7, 11) is 0. The molecule has 0 saturated heterocycles. The Morgan fingerprint density at radius 2 is 2.25 bits per heavy atom. The predicted octanol–water partition coefficient (Wildman–Crippen LogP) is 3.19. The molecule has 0 heterocycles. The van der Waals surface area contributed by atoms with E-state index in [1.807, 2.05) is 0 Å². The van der Waals surface area contributed by atoms with Crippen molar-refractivity contribution in [2.75, 3.05) is 0 Å². The van der Waals surface area contributed by atoms with E-state index < -0.39 is 11.9 Å². The third-order valence-corrected chi connectivity index (χ3v) is 2.56. The third-order valence-electron chi connectivity index (χ3n) is 2.27. The molecule has 3 heteroatoms. The summed E-state index contributed by atoms with van der Waals surface area (Å²) in [5.41, 5.74) is 0.449. The molecule has 1 nitrogen and oxygen atoms in total. The molecule has 16 heavy (non-hydrogen) atoms. The van der Waals surface area contributed by atoms with E-state index in [9.17, 15) is 9.50 Å². The normalized spacial score (nSPS) is 11.8. The maximum Gasteiger partial charge on any atom is 0.145 e. The van der Waals surface area contributed by atoms with Gasteiger partial charge in [-0.1, -0.05) is 23.7 Å². The van der Waals surface area contributed by atoms with Crippen molar-refractivity contribution in [3.63, 3.8) is 0 Å². The molecule has 0 saturated carbocycles. The van der Waals surface area contributed by atoms with Gasteiger partial charge in [-0.05, 0) is 25.0 Å². The minimum Gasteiger partial charge on any atom is -0.393 e. The molecule has 1 unspecified atom stereocenters. The summed E-state index contributed by atoms with van der Waals surface area (Å²) in [5, 5.41) is 9.76. The van der Waals surface area contributed by atoms with E-state index in [1.54, 1.807) is 19.1 Å². The quantitative estimate of drug-likeness (QED) is 0.802. The van der Waals surface area contributed by atoms with E-state index in [4.69, 9.17) is 11.6 Å². The van der Waals surface area contributed by atoms with E-state index in [0.29, 0.717) is 18.4 Å². The highest BCUT2D eigenvalue weighted by atomic mass is 35.5. The van der Waals surface area contributed by atoms with Crippen molar-refractivity contribution in [3.8, 4) is 11.8 Å². The highest BCUT2D eigenvalue weighted by Crippen LogP contribution is 2.19. The van der Waals surface area contributed by atoms with Crippen LogP contribution < -0.4 is 0 Å². The van der Waals surface area contributed by atoms with Gasteiger partial charge in [0, 0.05) is 12.8 Å². The van der Waals surface area contributed by atoms with Gasteiger partial charge in [-0.15, -0.1) is 11.8 Å². The van der Waals surface area contributed by atoms with Gasteiger partial charge in [0.25, 0.3) is 0 Å². The van der Waals surface area contributed by atoms with Crippen molar-refractivity contribution in [2.24, 2.45) is 0 Å². The lowest BCUT2D eigenvalue weighted by molar-refractivity contribution is 0.165. The zero-order valence-electron chi connectivity index (χ0n) is 9.13. The van der Waals surface area contributed by atoms with Crippen LogP contribution in [-0.4, -0.2) is 11.2 Å². The average Bonchev–Trinajstić information content (AvgIpc) is 2.25. The van der Waals surface area contributed by atoms with Crippen molar-refractivity contribution in [1.29, 1.82) is 0 Å². The Morgan fingerprint density at radius 1 is 1.50 bits per heavy atom. The van der Waals surface area contributed by atoms with Crippen LogP contribution in [0.1, 0.15) is 25.3 Å². The molecule has 0 aliphatic heterocycles. The van der Waals surface area contributed by atoms with Crippen LogP contribution >= 0.6 is 11.6 Å². The van der Waals surface area contributed by atoms with Crippen LogP contribution in [0, 0.1) is 17.7 Å². The molecule has 0 aliphatic rings. The summed E-state index contributed by atoms with van der Waals surface area (Å²) in [4.78, 5) is 0. The molecule has 1 rings (SSSR count). The van der Waals surface area contributed by atoms with Crippen LogP contribution in [0.2, 0.25) is 5.02 Å². The second-order valence-corrected chi connectivity index (χ2v) is 3.94. The summed E-state index contributed by atoms with van der Waals surface area (Å²) in [6.07, 6.45) is 0.874. The minimum atomic E-state index is -0.575. The first-order chi connectivity index (χ1) is 7.65. The van der Waals surface area contributed by atoms with Crippen LogP contribution in [0.5, 0.6) is 0 Å². The molecule has 0 spiro atoms. The minimum absolute atomic E-state index is 0.0954. The molecule has 1 aromatic rings. The van der Waals surface area contributed by atoms with E-state index in [0.717, 1.165) is 0 Å². The van der Waals surface area contributed by atoms with Gasteiger partial charge >= 0.3 is 0 Å². The first-order valence-electron chi connectivity index (χ1n) is 5.15. The van der Waals surface area contributed by atoms with Gasteiger partial charge in [0.1, 0.15) is 5.82 Å². The van der Waals surface area contributed by atoms with Gasteiger partial charge in [-0.2, -0.15) is 0 Å².